The fourth-order valence-corrected chi connectivity index (χ4v) is 3.35. The van der Waals surface area contributed by atoms with Crippen LogP contribution in [0.1, 0.15) is 41.0 Å². The number of nitrogens with zero attached hydrogens (tertiary/aromatic N) is 2. The molecule has 0 atom stereocenters. The van der Waals surface area contributed by atoms with E-state index >= 15 is 0 Å². The van der Waals surface area contributed by atoms with Crippen molar-refractivity contribution in [3.05, 3.63) is 15.4 Å². The molecule has 2 heterocycles. The molecule has 0 aliphatic heterocycles. The average molecular weight is 325 g/mol. The van der Waals surface area contributed by atoms with Crippen LogP contribution in [-0.4, -0.2) is 21.4 Å². The minimum Gasteiger partial charge on any atom is -0.382 e. The van der Waals surface area contributed by atoms with Gasteiger partial charge in [0.2, 0.25) is 0 Å². The van der Waals surface area contributed by atoms with E-state index in [2.05, 4.69) is 20.6 Å². The van der Waals surface area contributed by atoms with E-state index in [9.17, 15) is 4.79 Å². The number of amides is 1. The highest BCUT2D eigenvalue weighted by Gasteiger charge is 2.20. The Balaban J connectivity index is 2.16. The SMILES string of the molecule is Cc1nc(NC(=O)c2sc(NC(C)(C)C)nc2N)sc1C. The number of aromatic nitrogens is 2. The fraction of sp³-hybridized carbons (Fsp3) is 0.462. The molecule has 114 valence electrons. The summed E-state index contributed by atoms with van der Waals surface area (Å²) in [6.07, 6.45) is 0. The zero-order valence-electron chi connectivity index (χ0n) is 12.7. The van der Waals surface area contributed by atoms with Crippen LogP contribution in [0.15, 0.2) is 0 Å². The van der Waals surface area contributed by atoms with Gasteiger partial charge in [-0.3, -0.25) is 10.1 Å². The Morgan fingerprint density at radius 3 is 2.33 bits per heavy atom. The predicted octanol–water partition coefficient (Wildman–Crippen LogP) is 3.26. The molecule has 0 unspecified atom stereocenters. The zero-order valence-corrected chi connectivity index (χ0v) is 14.3. The molecule has 1 amide bonds. The van der Waals surface area contributed by atoms with Crippen LogP contribution in [0.2, 0.25) is 0 Å². The molecular formula is C13H19N5OS2. The number of nitrogens with two attached hydrogens (primary N) is 1. The van der Waals surface area contributed by atoms with Crippen molar-refractivity contribution >= 4 is 44.7 Å². The normalized spacial score (nSPS) is 11.5. The van der Waals surface area contributed by atoms with Gasteiger partial charge in [-0.15, -0.1) is 11.3 Å². The molecule has 0 radical (unpaired) electrons. The van der Waals surface area contributed by atoms with Crippen LogP contribution in [0.25, 0.3) is 0 Å². The Kier molecular flexibility index (Phi) is 4.20. The minimum absolute atomic E-state index is 0.137. The van der Waals surface area contributed by atoms with Gasteiger partial charge >= 0.3 is 0 Å². The third kappa shape index (κ3) is 3.92. The van der Waals surface area contributed by atoms with Crippen LogP contribution in [0.3, 0.4) is 0 Å². The van der Waals surface area contributed by atoms with Crippen LogP contribution in [0, 0.1) is 13.8 Å². The van der Waals surface area contributed by atoms with Crippen molar-refractivity contribution in [2.24, 2.45) is 0 Å². The lowest BCUT2D eigenvalue weighted by Gasteiger charge is -2.19. The molecule has 2 rings (SSSR count). The first kappa shape index (κ1) is 15.7. The number of nitrogens with one attached hydrogen (secondary N) is 2. The number of anilines is 3. The van der Waals surface area contributed by atoms with E-state index in [1.54, 1.807) is 0 Å². The fourth-order valence-electron chi connectivity index (χ4n) is 1.55. The maximum absolute atomic E-state index is 12.3. The summed E-state index contributed by atoms with van der Waals surface area (Å²) < 4.78 is 0. The van der Waals surface area contributed by atoms with Crippen molar-refractivity contribution in [1.82, 2.24) is 9.97 Å². The Hall–Kier alpha value is -1.67. The zero-order chi connectivity index (χ0) is 15.8. The highest BCUT2D eigenvalue weighted by Crippen LogP contribution is 2.29. The second-order valence-corrected chi connectivity index (χ2v) is 7.93. The van der Waals surface area contributed by atoms with E-state index in [1.807, 2.05) is 34.6 Å². The smallest absolute Gasteiger partial charge is 0.271 e. The molecule has 8 heteroatoms. The van der Waals surface area contributed by atoms with Gasteiger partial charge in [-0.2, -0.15) is 0 Å². The number of aryl methyl sites for hydroxylation is 2. The lowest BCUT2D eigenvalue weighted by Crippen LogP contribution is -2.25. The molecule has 0 bridgehead atoms. The van der Waals surface area contributed by atoms with Crippen LogP contribution in [0.4, 0.5) is 16.1 Å². The standard InChI is InChI=1S/C13H19N5OS2/c1-6-7(2)20-11(15-6)17-10(19)8-9(14)16-12(21-8)18-13(3,4)5/h14H2,1-5H3,(H,16,18)(H,15,17,19). The molecule has 4 N–H and O–H groups in total. The number of carbonyl (C=O) groups is 1. The number of nitrogen functional groups attached to an aromatic ring is 1. The maximum Gasteiger partial charge on any atom is 0.271 e. The molecule has 6 nitrogen and oxygen atoms in total. The number of thiazole rings is 2. The van der Waals surface area contributed by atoms with E-state index in [0.717, 1.165) is 10.6 Å². The maximum atomic E-state index is 12.3. The summed E-state index contributed by atoms with van der Waals surface area (Å²) in [7, 11) is 0. The van der Waals surface area contributed by atoms with Gasteiger partial charge in [-0.05, 0) is 34.6 Å². The number of hydrogen-bond donors (Lipinski definition) is 3. The van der Waals surface area contributed by atoms with E-state index < -0.39 is 0 Å². The van der Waals surface area contributed by atoms with Gasteiger partial charge < -0.3 is 11.1 Å². The molecule has 0 aliphatic rings. The Labute approximate surface area is 131 Å². The van der Waals surface area contributed by atoms with Crippen molar-refractivity contribution < 1.29 is 4.79 Å². The first-order valence-electron chi connectivity index (χ1n) is 6.45. The molecule has 2 aromatic heterocycles. The molecule has 0 aliphatic carbocycles. The van der Waals surface area contributed by atoms with Crippen molar-refractivity contribution in [2.75, 3.05) is 16.4 Å². The van der Waals surface area contributed by atoms with Gasteiger partial charge in [0, 0.05) is 10.4 Å². The van der Waals surface area contributed by atoms with E-state index in [0.29, 0.717) is 15.1 Å². The lowest BCUT2D eigenvalue weighted by molar-refractivity contribution is 0.103. The van der Waals surface area contributed by atoms with Crippen LogP contribution in [-0.2, 0) is 0 Å². The predicted molar refractivity (Wildman–Crippen MR) is 89.4 cm³/mol. The topological polar surface area (TPSA) is 92.9 Å². The van der Waals surface area contributed by atoms with E-state index in [1.165, 1.54) is 22.7 Å². The summed E-state index contributed by atoms with van der Waals surface area (Å²) in [5.74, 6) is -0.0463. The quantitative estimate of drug-likeness (QED) is 0.805. The summed E-state index contributed by atoms with van der Waals surface area (Å²) in [4.78, 5) is 22.2. The molecular weight excluding hydrogens is 306 g/mol. The summed E-state index contributed by atoms with van der Waals surface area (Å²) in [6.45, 7) is 9.94. The first-order valence-corrected chi connectivity index (χ1v) is 8.09. The van der Waals surface area contributed by atoms with Gasteiger partial charge in [0.15, 0.2) is 10.3 Å². The lowest BCUT2D eigenvalue weighted by atomic mass is 10.1. The number of rotatable bonds is 3. The monoisotopic (exact) mass is 325 g/mol. The Morgan fingerprint density at radius 1 is 1.14 bits per heavy atom. The van der Waals surface area contributed by atoms with Gasteiger partial charge in [-0.1, -0.05) is 11.3 Å². The molecule has 0 spiro atoms. The largest absolute Gasteiger partial charge is 0.382 e. The second-order valence-electron chi connectivity index (χ2n) is 5.72. The first-order chi connectivity index (χ1) is 9.65. The molecule has 2 aromatic rings. The third-order valence-corrected chi connectivity index (χ3v) is 4.56. The average Bonchev–Trinajstić information content (AvgIpc) is 2.80. The highest BCUT2D eigenvalue weighted by molar-refractivity contribution is 7.18. The van der Waals surface area contributed by atoms with Crippen molar-refractivity contribution in [3.63, 3.8) is 0 Å². The van der Waals surface area contributed by atoms with Gasteiger partial charge in [0.1, 0.15) is 10.7 Å². The summed E-state index contributed by atoms with van der Waals surface area (Å²) in [6, 6.07) is 0. The Bertz CT molecular complexity index is 649. The number of carbonyl (C=O) groups excluding carboxylic acids is 1. The van der Waals surface area contributed by atoms with Gasteiger partial charge in [0.25, 0.3) is 5.91 Å². The molecule has 0 fully saturated rings. The summed E-state index contributed by atoms with van der Waals surface area (Å²) in [5.41, 5.74) is 6.61. The van der Waals surface area contributed by atoms with Gasteiger partial charge in [0.05, 0.1) is 5.69 Å². The second kappa shape index (κ2) is 5.61. The summed E-state index contributed by atoms with van der Waals surface area (Å²) >= 11 is 2.69. The van der Waals surface area contributed by atoms with Crippen LogP contribution >= 0.6 is 22.7 Å². The third-order valence-electron chi connectivity index (χ3n) is 2.59. The van der Waals surface area contributed by atoms with E-state index in [-0.39, 0.29) is 17.3 Å². The van der Waals surface area contributed by atoms with Crippen molar-refractivity contribution in [1.29, 1.82) is 0 Å². The minimum atomic E-state index is -0.277. The number of hydrogen-bond acceptors (Lipinski definition) is 7. The molecule has 0 aromatic carbocycles. The van der Waals surface area contributed by atoms with E-state index in [4.69, 9.17) is 5.73 Å². The molecule has 0 saturated heterocycles. The van der Waals surface area contributed by atoms with Gasteiger partial charge in [-0.25, -0.2) is 9.97 Å². The Morgan fingerprint density at radius 2 is 1.81 bits per heavy atom. The van der Waals surface area contributed by atoms with Crippen LogP contribution < -0.4 is 16.4 Å². The van der Waals surface area contributed by atoms with Crippen molar-refractivity contribution in [3.8, 4) is 0 Å². The highest BCUT2D eigenvalue weighted by atomic mass is 32.1. The van der Waals surface area contributed by atoms with Crippen LogP contribution in [0.5, 0.6) is 0 Å². The molecule has 0 saturated carbocycles. The van der Waals surface area contributed by atoms with Crippen molar-refractivity contribution in [2.45, 2.75) is 40.2 Å². The summed E-state index contributed by atoms with van der Waals surface area (Å²) in [5, 5.41) is 7.19. The molecule has 21 heavy (non-hydrogen) atoms.